The van der Waals surface area contributed by atoms with E-state index in [2.05, 4.69) is 21.6 Å². The van der Waals surface area contributed by atoms with E-state index in [1.807, 2.05) is 77.8 Å². The van der Waals surface area contributed by atoms with Gasteiger partial charge < -0.3 is 63.6 Å². The molecule has 5 aromatic carbocycles. The van der Waals surface area contributed by atoms with Crippen LogP contribution >= 0.6 is 0 Å². The third-order valence-corrected chi connectivity index (χ3v) is 14.5. The zero-order valence-electron chi connectivity index (χ0n) is 44.1. The summed E-state index contributed by atoms with van der Waals surface area (Å²) >= 11 is 0. The summed E-state index contributed by atoms with van der Waals surface area (Å²) < 4.78 is 41.7. The Morgan fingerprint density at radius 3 is 2.10 bits per heavy atom. The maximum Gasteiger partial charge on any atom is 0.261 e. The number of para-hydroxylation sites is 2. The van der Waals surface area contributed by atoms with E-state index in [4.69, 9.17) is 38.2 Å². The Hall–Kier alpha value is -7.97. The number of hydrogen-bond acceptors (Lipinski definition) is 15. The molecule has 0 bridgehead atoms. The van der Waals surface area contributed by atoms with Crippen LogP contribution in [-0.2, 0) is 49.9 Å². The van der Waals surface area contributed by atoms with E-state index >= 15 is 0 Å². The van der Waals surface area contributed by atoms with E-state index in [1.54, 1.807) is 37.3 Å². The van der Waals surface area contributed by atoms with E-state index in [0.29, 0.717) is 111 Å². The highest BCUT2D eigenvalue weighted by Crippen LogP contribution is 2.43. The minimum absolute atomic E-state index is 0.0469. The molecule has 0 spiro atoms. The van der Waals surface area contributed by atoms with Gasteiger partial charge in [-0.1, -0.05) is 36.4 Å². The highest BCUT2D eigenvalue weighted by Gasteiger charge is 2.39. The van der Waals surface area contributed by atoms with Crippen molar-refractivity contribution in [1.82, 2.24) is 10.2 Å². The van der Waals surface area contributed by atoms with E-state index in [0.717, 1.165) is 45.7 Å². The second-order valence-electron chi connectivity index (χ2n) is 19.5. The van der Waals surface area contributed by atoms with Crippen LogP contribution in [0.15, 0.2) is 108 Å². The van der Waals surface area contributed by atoms with Crippen LogP contribution in [0.5, 0.6) is 23.0 Å². The Labute approximate surface area is 453 Å². The fourth-order valence-corrected chi connectivity index (χ4v) is 10.6. The van der Waals surface area contributed by atoms with Crippen LogP contribution < -0.4 is 44.3 Å². The lowest BCUT2D eigenvalue weighted by atomic mass is 10.1. The first kappa shape index (κ1) is 53.4. The number of aliphatic imine (C=N–C) groups is 1. The van der Waals surface area contributed by atoms with Crippen LogP contribution in [0.25, 0.3) is 0 Å². The maximum absolute atomic E-state index is 14.2. The number of benzene rings is 5. The van der Waals surface area contributed by atoms with Crippen molar-refractivity contribution in [3.05, 3.63) is 137 Å². The molecule has 0 saturated heterocycles. The SMILES string of the molecule is COCCOCCOCCN(CCCC(=O)NCCN1C(=O)C=CC1O)c1cc(COc2cc3c(cc2OC)C(=O)N2c4ccccc4C[C@H]2C=N3)cc(COc2cc3c(cc2OC)C(=O)N2c4ccccc4C[C@H]2CN3)c1. The molecule has 5 aliphatic rings. The van der Waals surface area contributed by atoms with Gasteiger partial charge in [0.05, 0.1) is 81.8 Å². The molecule has 78 heavy (non-hydrogen) atoms. The second-order valence-corrected chi connectivity index (χ2v) is 19.5. The van der Waals surface area contributed by atoms with Crippen LogP contribution in [0.2, 0.25) is 0 Å². The normalized spacial score (nSPS) is 17.6. The predicted octanol–water partition coefficient (Wildman–Crippen LogP) is 6.25. The average molecular weight is 1060 g/mol. The van der Waals surface area contributed by atoms with Crippen LogP contribution in [0, 0.1) is 0 Å². The lowest BCUT2D eigenvalue weighted by Gasteiger charge is -2.26. The van der Waals surface area contributed by atoms with E-state index in [9.17, 15) is 24.3 Å². The fourth-order valence-electron chi connectivity index (χ4n) is 10.6. The summed E-state index contributed by atoms with van der Waals surface area (Å²) in [6, 6.07) is 28.7. The maximum atomic E-state index is 14.2. The number of aliphatic hydroxyl groups excluding tert-OH is 1. The molecule has 5 heterocycles. The van der Waals surface area contributed by atoms with Crippen LogP contribution in [0.3, 0.4) is 0 Å². The van der Waals surface area contributed by atoms with Crippen molar-refractivity contribution in [2.24, 2.45) is 4.99 Å². The highest BCUT2D eigenvalue weighted by atomic mass is 16.5. The quantitative estimate of drug-likeness (QED) is 0.0554. The largest absolute Gasteiger partial charge is 0.493 e. The van der Waals surface area contributed by atoms with Gasteiger partial charge in [-0.25, -0.2) is 0 Å². The number of methoxy groups -OCH3 is 3. The molecule has 5 aliphatic heterocycles. The summed E-state index contributed by atoms with van der Waals surface area (Å²) in [6.45, 7) is 4.08. The first-order chi connectivity index (χ1) is 38.1. The van der Waals surface area contributed by atoms with Crippen molar-refractivity contribution >= 4 is 58.3 Å². The summed E-state index contributed by atoms with van der Waals surface area (Å²) in [5, 5.41) is 16.5. The van der Waals surface area contributed by atoms with Crippen molar-refractivity contribution in [1.29, 1.82) is 0 Å². The number of nitrogens with one attached hydrogen (secondary N) is 2. The monoisotopic (exact) mass is 1060 g/mol. The zero-order chi connectivity index (χ0) is 54.1. The van der Waals surface area contributed by atoms with Crippen molar-refractivity contribution in [3.63, 3.8) is 0 Å². The number of rotatable bonds is 25. The number of amides is 4. The molecule has 0 aromatic heterocycles. The summed E-state index contributed by atoms with van der Waals surface area (Å²) in [5.74, 6) is 0.843. The summed E-state index contributed by atoms with van der Waals surface area (Å²) in [5.41, 5.74) is 8.41. The predicted molar refractivity (Wildman–Crippen MR) is 294 cm³/mol. The van der Waals surface area contributed by atoms with Crippen LogP contribution in [0.1, 0.15) is 55.8 Å². The number of nitrogens with zero attached hydrogens (tertiary/aromatic N) is 5. The van der Waals surface area contributed by atoms with Crippen molar-refractivity contribution in [2.75, 3.05) is 107 Å². The van der Waals surface area contributed by atoms with Crippen LogP contribution in [-0.4, -0.2) is 145 Å². The van der Waals surface area contributed by atoms with Gasteiger partial charge in [0.15, 0.2) is 23.0 Å². The minimum Gasteiger partial charge on any atom is -0.493 e. The third-order valence-electron chi connectivity index (χ3n) is 14.5. The molecule has 5 aromatic rings. The van der Waals surface area contributed by atoms with Gasteiger partial charge in [0.1, 0.15) is 19.4 Å². The lowest BCUT2D eigenvalue weighted by Crippen LogP contribution is -2.40. The number of fused-ring (bicyclic) bond motifs is 8. The summed E-state index contributed by atoms with van der Waals surface area (Å²) in [7, 11) is 4.71. The molecule has 408 valence electrons. The van der Waals surface area contributed by atoms with E-state index < -0.39 is 6.23 Å². The molecule has 0 fully saturated rings. The summed E-state index contributed by atoms with van der Waals surface area (Å²) in [6.07, 6.45) is 5.63. The Balaban J connectivity index is 0.908. The molecular formula is C59H65N7O12. The highest BCUT2D eigenvalue weighted by molar-refractivity contribution is 6.15. The Bertz CT molecular complexity index is 3090. The number of anilines is 4. The summed E-state index contributed by atoms with van der Waals surface area (Å²) in [4.78, 5) is 65.6. The Kier molecular flexibility index (Phi) is 16.8. The van der Waals surface area contributed by atoms with Gasteiger partial charge in [0, 0.05) is 94.2 Å². The Morgan fingerprint density at radius 2 is 1.40 bits per heavy atom. The van der Waals surface area contributed by atoms with Crippen LogP contribution in [0.4, 0.5) is 28.4 Å². The number of carbonyl (C=O) groups is 4. The first-order valence-corrected chi connectivity index (χ1v) is 26.4. The molecule has 3 N–H and O–H groups in total. The molecular weight excluding hydrogens is 999 g/mol. The molecule has 19 nitrogen and oxygen atoms in total. The molecule has 19 heteroatoms. The molecule has 0 saturated carbocycles. The van der Waals surface area contributed by atoms with Gasteiger partial charge in [-0.05, 0) is 83.6 Å². The van der Waals surface area contributed by atoms with Crippen molar-refractivity contribution in [3.8, 4) is 23.0 Å². The van der Waals surface area contributed by atoms with Crippen molar-refractivity contribution in [2.45, 2.75) is 57.2 Å². The fraction of sp³-hybridized carbons (Fsp3) is 0.373. The van der Waals surface area contributed by atoms with Crippen molar-refractivity contribution < 1.29 is 57.4 Å². The van der Waals surface area contributed by atoms with Gasteiger partial charge in [0.2, 0.25) is 11.8 Å². The molecule has 1 unspecified atom stereocenters. The topological polar surface area (TPSA) is 203 Å². The first-order valence-electron chi connectivity index (χ1n) is 26.4. The number of ether oxygens (including phenoxy) is 7. The van der Waals surface area contributed by atoms with Gasteiger partial charge in [-0.3, -0.25) is 29.1 Å². The van der Waals surface area contributed by atoms with Gasteiger partial charge >= 0.3 is 0 Å². The minimum atomic E-state index is -1.01. The van der Waals surface area contributed by atoms with Gasteiger partial charge in [0.25, 0.3) is 11.8 Å². The number of carbonyl (C=O) groups excluding carboxylic acids is 4. The lowest BCUT2D eigenvalue weighted by molar-refractivity contribution is -0.131. The zero-order valence-corrected chi connectivity index (χ0v) is 44.1. The average Bonchev–Trinajstić information content (AvgIpc) is 4.12. The Morgan fingerprint density at radius 1 is 0.744 bits per heavy atom. The molecule has 0 aliphatic carbocycles. The molecule has 10 rings (SSSR count). The number of hydrogen-bond donors (Lipinski definition) is 3. The van der Waals surface area contributed by atoms with Gasteiger partial charge in [-0.15, -0.1) is 0 Å². The van der Waals surface area contributed by atoms with E-state index in [1.165, 1.54) is 24.2 Å². The second kappa shape index (κ2) is 24.6. The molecule has 3 atom stereocenters. The molecule has 4 amide bonds. The number of aliphatic hydroxyl groups is 1. The third kappa shape index (κ3) is 11.8. The van der Waals surface area contributed by atoms with Gasteiger partial charge in [-0.2, -0.15) is 0 Å². The van der Waals surface area contributed by atoms with E-state index in [-0.39, 0.29) is 68.4 Å². The molecule has 0 radical (unpaired) electrons. The smallest absolute Gasteiger partial charge is 0.261 e. The standard InChI is InChI=1S/C59H65N7O12/c1-72-21-22-76-24-23-75-20-19-63(17-8-13-55(67)60-16-18-64-56(68)14-15-57(64)69)42-26-38(36-77-53-32-47-45(30-51(53)73-2)58(70)65-43(34-61-47)28-40-9-4-6-11-49(40)65)25-39(27-42)37-78-54-33-48-46(31-52(54)74-3)59(71)66-44(35-62-48)29-41-10-5-7-12-50(41)66/h4-7,9-12,14-15,25-27,30-34,43-44,56,62,68H,8,13,16-24,28-29,35-37H2,1-3H3,(H,60,67)/t43-,44-,56?/m0/s1.